The Balaban J connectivity index is 2.29. The van der Waals surface area contributed by atoms with Gasteiger partial charge in [-0.3, -0.25) is 9.55 Å². The van der Waals surface area contributed by atoms with Crippen LogP contribution in [0.3, 0.4) is 0 Å². The maximum absolute atomic E-state index is 6.05. The zero-order chi connectivity index (χ0) is 12.8. The lowest BCUT2D eigenvalue weighted by molar-refractivity contribution is 0.452. The van der Waals surface area contributed by atoms with Crippen LogP contribution in [-0.4, -0.2) is 19.5 Å². The summed E-state index contributed by atoms with van der Waals surface area (Å²) in [6.07, 6.45) is 5.27. The number of anilines is 1. The molecule has 3 heterocycles. The second kappa shape index (κ2) is 3.78. The molecule has 0 radical (unpaired) electrons. The van der Waals surface area contributed by atoms with Crippen LogP contribution in [0.4, 0.5) is 5.95 Å². The fourth-order valence-corrected chi connectivity index (χ4v) is 2.91. The van der Waals surface area contributed by atoms with Crippen molar-refractivity contribution in [2.45, 2.75) is 19.4 Å². The van der Waals surface area contributed by atoms with Crippen LogP contribution in [0.5, 0.6) is 0 Å². The van der Waals surface area contributed by atoms with Crippen molar-refractivity contribution < 1.29 is 0 Å². The molecule has 2 N–H and O–H groups in total. The minimum Gasteiger partial charge on any atom is -0.369 e. The summed E-state index contributed by atoms with van der Waals surface area (Å²) in [5.41, 5.74) is 7.50. The molecule has 6 heteroatoms. The second-order valence-corrected chi connectivity index (χ2v) is 5.46. The highest BCUT2D eigenvalue weighted by Gasteiger charge is 2.29. The number of thiazole rings is 1. The first-order chi connectivity index (χ1) is 8.60. The molecule has 0 aliphatic rings. The van der Waals surface area contributed by atoms with Crippen molar-refractivity contribution in [2.24, 2.45) is 0 Å². The zero-order valence-electron chi connectivity index (χ0n) is 10.2. The van der Waals surface area contributed by atoms with Gasteiger partial charge in [-0.1, -0.05) is 0 Å². The highest BCUT2D eigenvalue weighted by Crippen LogP contribution is 2.32. The summed E-state index contributed by atoms with van der Waals surface area (Å²) in [4.78, 5) is 12.8. The molecule has 3 aromatic heterocycles. The molecule has 3 aromatic rings. The Morgan fingerprint density at radius 2 is 2.17 bits per heavy atom. The third-order valence-corrected chi connectivity index (χ3v) is 4.08. The first kappa shape index (κ1) is 11.2. The summed E-state index contributed by atoms with van der Waals surface area (Å²) < 4.78 is 2.00. The van der Waals surface area contributed by atoms with Gasteiger partial charge in [-0.15, -0.1) is 11.3 Å². The van der Waals surface area contributed by atoms with E-state index >= 15 is 0 Å². The van der Waals surface area contributed by atoms with E-state index < -0.39 is 0 Å². The molecule has 0 fully saturated rings. The fourth-order valence-electron chi connectivity index (χ4n) is 2.16. The van der Waals surface area contributed by atoms with Crippen LogP contribution >= 0.6 is 11.3 Å². The van der Waals surface area contributed by atoms with Crippen LogP contribution in [0.15, 0.2) is 30.0 Å². The van der Waals surface area contributed by atoms with E-state index in [0.717, 1.165) is 16.0 Å². The summed E-state index contributed by atoms with van der Waals surface area (Å²) in [6, 6.07) is 1.92. The number of nitrogens with zero attached hydrogens (tertiary/aromatic N) is 4. The van der Waals surface area contributed by atoms with Gasteiger partial charge in [0.1, 0.15) is 10.5 Å². The summed E-state index contributed by atoms with van der Waals surface area (Å²) in [7, 11) is 0. The molecule has 92 valence electrons. The second-order valence-electron chi connectivity index (χ2n) is 4.57. The standard InChI is InChI=1S/C12H13N5S/c1-12(2,10-15-5-6-18-10)17-9-3-4-14-7-8(9)16-11(17)13/h3-7H,1-2H3,(H2,13,16). The van der Waals surface area contributed by atoms with E-state index in [9.17, 15) is 0 Å². The van der Waals surface area contributed by atoms with Crippen molar-refractivity contribution in [3.63, 3.8) is 0 Å². The Hall–Kier alpha value is -1.95. The summed E-state index contributed by atoms with van der Waals surface area (Å²) in [5, 5.41) is 2.97. The average molecular weight is 259 g/mol. The normalized spacial score (nSPS) is 12.1. The van der Waals surface area contributed by atoms with Crippen LogP contribution in [0.25, 0.3) is 11.0 Å². The molecule has 3 rings (SSSR count). The summed E-state index contributed by atoms with van der Waals surface area (Å²) >= 11 is 1.61. The van der Waals surface area contributed by atoms with E-state index in [1.165, 1.54) is 0 Å². The van der Waals surface area contributed by atoms with Gasteiger partial charge in [-0.2, -0.15) is 0 Å². The molecule has 0 saturated heterocycles. The van der Waals surface area contributed by atoms with Gasteiger partial charge in [0.25, 0.3) is 0 Å². The number of fused-ring (bicyclic) bond motifs is 1. The highest BCUT2D eigenvalue weighted by molar-refractivity contribution is 7.09. The van der Waals surface area contributed by atoms with Crippen LogP contribution < -0.4 is 5.73 Å². The van der Waals surface area contributed by atoms with E-state index in [0.29, 0.717) is 5.95 Å². The molecule has 0 amide bonds. The van der Waals surface area contributed by atoms with Gasteiger partial charge in [0.2, 0.25) is 5.95 Å². The maximum atomic E-state index is 6.05. The molecular formula is C12H13N5S. The summed E-state index contributed by atoms with van der Waals surface area (Å²) in [5.74, 6) is 0.484. The van der Waals surface area contributed by atoms with Crippen LogP contribution in [0, 0.1) is 0 Å². The Labute approximate surface area is 108 Å². The van der Waals surface area contributed by atoms with Crippen molar-refractivity contribution in [3.8, 4) is 0 Å². The smallest absolute Gasteiger partial charge is 0.202 e. The topological polar surface area (TPSA) is 69.6 Å². The molecule has 0 aliphatic heterocycles. The Morgan fingerprint density at radius 3 is 2.89 bits per heavy atom. The predicted molar refractivity (Wildman–Crippen MR) is 72.5 cm³/mol. The monoisotopic (exact) mass is 259 g/mol. The van der Waals surface area contributed by atoms with Crippen molar-refractivity contribution >= 4 is 28.3 Å². The number of pyridine rings is 1. The van der Waals surface area contributed by atoms with E-state index in [-0.39, 0.29) is 5.54 Å². The van der Waals surface area contributed by atoms with Crippen LogP contribution in [0.2, 0.25) is 0 Å². The van der Waals surface area contributed by atoms with Crippen molar-refractivity contribution in [2.75, 3.05) is 5.73 Å². The van der Waals surface area contributed by atoms with E-state index in [1.807, 2.05) is 16.0 Å². The number of hydrogen-bond donors (Lipinski definition) is 1. The molecule has 0 saturated carbocycles. The van der Waals surface area contributed by atoms with Gasteiger partial charge in [0, 0.05) is 17.8 Å². The largest absolute Gasteiger partial charge is 0.369 e. The third kappa shape index (κ3) is 1.49. The maximum Gasteiger partial charge on any atom is 0.202 e. The molecule has 0 spiro atoms. The molecular weight excluding hydrogens is 246 g/mol. The average Bonchev–Trinajstić information content (AvgIpc) is 2.94. The number of aromatic nitrogens is 4. The SMILES string of the molecule is CC(C)(c1nccs1)n1c(N)nc2cnccc21. The van der Waals surface area contributed by atoms with Crippen molar-refractivity contribution in [3.05, 3.63) is 35.0 Å². The van der Waals surface area contributed by atoms with Gasteiger partial charge in [-0.05, 0) is 19.9 Å². The van der Waals surface area contributed by atoms with Gasteiger partial charge >= 0.3 is 0 Å². The van der Waals surface area contributed by atoms with Crippen LogP contribution in [0.1, 0.15) is 18.9 Å². The van der Waals surface area contributed by atoms with E-state index in [1.54, 1.807) is 29.9 Å². The van der Waals surface area contributed by atoms with Gasteiger partial charge < -0.3 is 5.73 Å². The Bertz CT molecular complexity index is 684. The van der Waals surface area contributed by atoms with Gasteiger partial charge in [0.15, 0.2) is 0 Å². The lowest BCUT2D eigenvalue weighted by atomic mass is 10.1. The molecule has 0 atom stereocenters. The number of imidazole rings is 1. The molecule has 0 unspecified atom stereocenters. The quantitative estimate of drug-likeness (QED) is 0.766. The lowest BCUT2D eigenvalue weighted by Crippen LogP contribution is -2.28. The minimum atomic E-state index is -0.325. The number of rotatable bonds is 2. The predicted octanol–water partition coefficient (Wildman–Crippen LogP) is 2.25. The van der Waals surface area contributed by atoms with Crippen molar-refractivity contribution in [1.82, 2.24) is 19.5 Å². The number of nitrogen functional groups attached to an aromatic ring is 1. The highest BCUT2D eigenvalue weighted by atomic mass is 32.1. The number of hydrogen-bond acceptors (Lipinski definition) is 5. The van der Waals surface area contributed by atoms with Crippen LogP contribution in [-0.2, 0) is 5.54 Å². The zero-order valence-corrected chi connectivity index (χ0v) is 11.0. The van der Waals surface area contributed by atoms with Gasteiger partial charge in [0.05, 0.1) is 17.3 Å². The molecule has 0 bridgehead atoms. The fraction of sp³-hybridized carbons (Fsp3) is 0.250. The minimum absolute atomic E-state index is 0.325. The Kier molecular flexibility index (Phi) is 2.34. The first-order valence-electron chi connectivity index (χ1n) is 5.59. The molecule has 18 heavy (non-hydrogen) atoms. The molecule has 0 aromatic carbocycles. The Morgan fingerprint density at radius 1 is 1.33 bits per heavy atom. The first-order valence-corrected chi connectivity index (χ1v) is 6.47. The van der Waals surface area contributed by atoms with Gasteiger partial charge in [-0.25, -0.2) is 9.97 Å². The van der Waals surface area contributed by atoms with E-state index in [4.69, 9.17) is 5.73 Å². The third-order valence-electron chi connectivity index (χ3n) is 3.00. The molecule has 0 aliphatic carbocycles. The lowest BCUT2D eigenvalue weighted by Gasteiger charge is -2.26. The number of nitrogens with two attached hydrogens (primary N) is 1. The van der Waals surface area contributed by atoms with Crippen molar-refractivity contribution in [1.29, 1.82) is 0 Å². The van der Waals surface area contributed by atoms with E-state index in [2.05, 4.69) is 28.8 Å². The summed E-state index contributed by atoms with van der Waals surface area (Å²) in [6.45, 7) is 4.17. The molecule has 5 nitrogen and oxygen atoms in total.